The number of amides is 1. The fourth-order valence-corrected chi connectivity index (χ4v) is 2.65. The van der Waals surface area contributed by atoms with Crippen LogP contribution in [0.4, 0.5) is 0 Å². The number of ether oxygens (including phenoxy) is 3. The third-order valence-corrected chi connectivity index (χ3v) is 3.93. The van der Waals surface area contributed by atoms with Crippen molar-refractivity contribution < 1.29 is 33.4 Å². The zero-order chi connectivity index (χ0) is 21.4. The minimum absolute atomic E-state index is 0.0204. The van der Waals surface area contributed by atoms with E-state index >= 15 is 0 Å². The molecule has 0 aliphatic carbocycles. The van der Waals surface area contributed by atoms with Crippen LogP contribution in [0.25, 0.3) is 0 Å². The largest absolute Gasteiger partial charge is 0.465 e. The molecule has 1 amide bonds. The van der Waals surface area contributed by atoms with E-state index in [2.05, 4.69) is 14.8 Å². The fourth-order valence-electron chi connectivity index (χ4n) is 2.65. The first-order valence-electron chi connectivity index (χ1n) is 8.68. The van der Waals surface area contributed by atoms with Gasteiger partial charge in [0.2, 0.25) is 5.91 Å². The van der Waals surface area contributed by atoms with Gasteiger partial charge in [-0.3, -0.25) is 9.59 Å². The maximum absolute atomic E-state index is 12.5. The van der Waals surface area contributed by atoms with Gasteiger partial charge in [0, 0.05) is 6.92 Å². The summed E-state index contributed by atoms with van der Waals surface area (Å²) in [6, 6.07) is 12.2. The number of benzene rings is 2. The van der Waals surface area contributed by atoms with Gasteiger partial charge in [-0.2, -0.15) is 0 Å². The van der Waals surface area contributed by atoms with Crippen LogP contribution in [0.15, 0.2) is 48.5 Å². The summed E-state index contributed by atoms with van der Waals surface area (Å²) in [5.74, 6) is -2.38. The molecule has 0 unspecified atom stereocenters. The lowest BCUT2D eigenvalue weighted by molar-refractivity contribution is -0.135. The van der Waals surface area contributed by atoms with Gasteiger partial charge in [-0.15, -0.1) is 0 Å². The van der Waals surface area contributed by atoms with Crippen LogP contribution in [0.3, 0.4) is 0 Å². The van der Waals surface area contributed by atoms with Gasteiger partial charge < -0.3 is 19.5 Å². The van der Waals surface area contributed by atoms with Crippen molar-refractivity contribution in [3.63, 3.8) is 0 Å². The minimum atomic E-state index is -0.700. The quantitative estimate of drug-likeness (QED) is 0.563. The minimum Gasteiger partial charge on any atom is -0.465 e. The van der Waals surface area contributed by atoms with Crippen molar-refractivity contribution in [2.75, 3.05) is 14.2 Å². The van der Waals surface area contributed by atoms with E-state index in [-0.39, 0.29) is 29.2 Å². The molecule has 0 heterocycles. The number of carbonyl (C=O) groups excluding carboxylic acids is 4. The topological polar surface area (TPSA) is 108 Å². The van der Waals surface area contributed by atoms with Gasteiger partial charge in [0.25, 0.3) is 0 Å². The second kappa shape index (κ2) is 10.0. The maximum atomic E-state index is 12.5. The number of hydrogen-bond donors (Lipinski definition) is 1. The van der Waals surface area contributed by atoms with Crippen molar-refractivity contribution in [3.8, 4) is 5.75 Å². The normalized spacial score (nSPS) is 11.1. The highest BCUT2D eigenvalue weighted by Gasteiger charge is 2.20. The summed E-state index contributed by atoms with van der Waals surface area (Å²) >= 11 is 0. The molecular formula is C21H21NO7. The number of esters is 3. The Morgan fingerprint density at radius 2 is 1.45 bits per heavy atom. The van der Waals surface area contributed by atoms with Gasteiger partial charge in [-0.1, -0.05) is 30.3 Å². The molecule has 2 aromatic rings. The number of carbonyl (C=O) groups is 4. The second-order valence-corrected chi connectivity index (χ2v) is 6.07. The van der Waals surface area contributed by atoms with Crippen LogP contribution in [0.2, 0.25) is 0 Å². The molecule has 0 aliphatic rings. The van der Waals surface area contributed by atoms with Crippen LogP contribution in [-0.4, -0.2) is 38.0 Å². The molecule has 0 aromatic heterocycles. The Labute approximate surface area is 167 Å². The first kappa shape index (κ1) is 21.6. The maximum Gasteiger partial charge on any atom is 0.338 e. The summed E-state index contributed by atoms with van der Waals surface area (Å²) < 4.78 is 14.6. The van der Waals surface area contributed by atoms with Crippen molar-refractivity contribution in [3.05, 3.63) is 65.2 Å². The molecule has 1 N–H and O–H groups in total. The summed E-state index contributed by atoms with van der Waals surface area (Å²) in [4.78, 5) is 47.7. The van der Waals surface area contributed by atoms with Crippen LogP contribution >= 0.6 is 0 Å². The fraction of sp³-hybridized carbons (Fsp3) is 0.238. The average Bonchev–Trinajstić information content (AvgIpc) is 2.72. The van der Waals surface area contributed by atoms with E-state index in [0.29, 0.717) is 0 Å². The van der Waals surface area contributed by atoms with E-state index in [1.165, 1.54) is 39.3 Å². The van der Waals surface area contributed by atoms with Gasteiger partial charge in [-0.05, 0) is 23.8 Å². The van der Waals surface area contributed by atoms with Crippen LogP contribution in [-0.2, 0) is 19.1 Å². The molecule has 0 aliphatic heterocycles. The van der Waals surface area contributed by atoms with Gasteiger partial charge in [0.1, 0.15) is 5.75 Å². The van der Waals surface area contributed by atoms with Crippen LogP contribution < -0.4 is 10.1 Å². The van der Waals surface area contributed by atoms with Crippen LogP contribution in [0.5, 0.6) is 5.75 Å². The Bertz CT molecular complexity index is 874. The first-order valence-corrected chi connectivity index (χ1v) is 8.68. The third kappa shape index (κ3) is 6.17. The zero-order valence-corrected chi connectivity index (χ0v) is 16.3. The van der Waals surface area contributed by atoms with E-state index in [9.17, 15) is 19.2 Å². The molecule has 0 radical (unpaired) electrons. The van der Waals surface area contributed by atoms with Crippen molar-refractivity contribution in [2.45, 2.75) is 19.4 Å². The monoisotopic (exact) mass is 399 g/mol. The lowest BCUT2D eigenvalue weighted by atomic mass is 10.0. The summed E-state index contributed by atoms with van der Waals surface area (Å²) in [6.07, 6.45) is -0.153. The summed E-state index contributed by atoms with van der Waals surface area (Å²) in [5.41, 5.74) is 0.789. The Morgan fingerprint density at radius 3 is 1.93 bits per heavy atom. The molecule has 0 spiro atoms. The lowest BCUT2D eigenvalue weighted by Gasteiger charge is -2.17. The summed E-state index contributed by atoms with van der Waals surface area (Å²) in [6.45, 7) is 1.35. The molecule has 152 valence electrons. The highest BCUT2D eigenvalue weighted by molar-refractivity contribution is 5.96. The van der Waals surface area contributed by atoms with Crippen LogP contribution in [0, 0.1) is 0 Å². The van der Waals surface area contributed by atoms with Gasteiger partial charge in [0.05, 0.1) is 37.8 Å². The highest BCUT2D eigenvalue weighted by atomic mass is 16.5. The molecule has 0 saturated carbocycles. The predicted molar refractivity (Wildman–Crippen MR) is 102 cm³/mol. The number of methoxy groups -OCH3 is 2. The molecule has 29 heavy (non-hydrogen) atoms. The zero-order valence-electron chi connectivity index (χ0n) is 16.3. The predicted octanol–water partition coefficient (Wildman–Crippen LogP) is 2.43. The van der Waals surface area contributed by atoms with E-state index in [4.69, 9.17) is 4.74 Å². The molecule has 0 saturated heterocycles. The number of nitrogens with one attached hydrogen (secondary N) is 1. The standard InChI is InChI=1S/C21H21NO7/c1-13(23)22-18(14-7-5-4-6-8-14)12-19(24)29-17-10-15(20(25)27-2)9-16(11-17)21(26)28-3/h4-11,18H,12H2,1-3H3,(H,22,23)/t18-/m1/s1. The second-order valence-electron chi connectivity index (χ2n) is 6.07. The molecule has 0 bridgehead atoms. The number of rotatable bonds is 7. The van der Waals surface area contributed by atoms with E-state index in [1.54, 1.807) is 24.3 Å². The molecular weight excluding hydrogens is 378 g/mol. The molecule has 2 aromatic carbocycles. The first-order chi connectivity index (χ1) is 13.8. The Balaban J connectivity index is 2.24. The summed E-state index contributed by atoms with van der Waals surface area (Å²) in [7, 11) is 2.38. The van der Waals surface area contributed by atoms with Crippen LogP contribution in [0.1, 0.15) is 45.7 Å². The molecule has 2 rings (SSSR count). The van der Waals surface area contributed by atoms with Crippen molar-refractivity contribution in [1.29, 1.82) is 0 Å². The average molecular weight is 399 g/mol. The van der Waals surface area contributed by atoms with E-state index in [1.807, 2.05) is 6.07 Å². The van der Waals surface area contributed by atoms with Crippen molar-refractivity contribution in [1.82, 2.24) is 5.32 Å². The molecule has 8 nitrogen and oxygen atoms in total. The Kier molecular flexibility index (Phi) is 7.47. The van der Waals surface area contributed by atoms with E-state index in [0.717, 1.165) is 5.56 Å². The molecule has 1 atom stereocenters. The summed E-state index contributed by atoms with van der Waals surface area (Å²) in [5, 5.41) is 2.70. The smallest absolute Gasteiger partial charge is 0.338 e. The third-order valence-electron chi connectivity index (χ3n) is 3.93. The molecule has 8 heteroatoms. The molecule has 0 fully saturated rings. The van der Waals surface area contributed by atoms with E-state index < -0.39 is 23.9 Å². The SMILES string of the molecule is COC(=O)c1cc(OC(=O)C[C@@H](NC(C)=O)c2ccccc2)cc(C(=O)OC)c1. The van der Waals surface area contributed by atoms with Crippen molar-refractivity contribution >= 4 is 23.8 Å². The van der Waals surface area contributed by atoms with Crippen molar-refractivity contribution in [2.24, 2.45) is 0 Å². The van der Waals surface area contributed by atoms with Gasteiger partial charge in [-0.25, -0.2) is 9.59 Å². The lowest BCUT2D eigenvalue weighted by Crippen LogP contribution is -2.29. The highest BCUT2D eigenvalue weighted by Crippen LogP contribution is 2.22. The Hall–Kier alpha value is -3.68. The van der Waals surface area contributed by atoms with Gasteiger partial charge in [0.15, 0.2) is 0 Å². The number of hydrogen-bond acceptors (Lipinski definition) is 7. The van der Waals surface area contributed by atoms with Gasteiger partial charge >= 0.3 is 17.9 Å². The Morgan fingerprint density at radius 1 is 0.897 bits per heavy atom.